The van der Waals surface area contributed by atoms with E-state index < -0.39 is 63.6 Å². The summed E-state index contributed by atoms with van der Waals surface area (Å²) in [5.41, 5.74) is 19.0. The standard InChI is InChI=1S/2C32H37N3O5S.C29H30N2O4.C3H9NO2S/c2*1-21(2)41(38,39)33-31(36)24-12-13-27-28(19-24)35-20-25(32(37)34-14-16-40-17-15-34)18-23-10-6-7-11-26(23)30(35)29(27)22-8-4-3-5-9-22;32-28(30-12-14-35-15-13-30)22-16-20-8-4-5-9-23(20)27-26(19-6-2-1-3-7-19)24-11-10-21(29(33)34)17-25(24)31(27)18-22;1-3(2)7(4,5)6/h2*6-7,10-13,18-19,21-22H,3-5,8-9,14-17,20H2,1-2H3,(H,33,36);4-5,8-11,16-17,19H,1-3,6-7,12-15,18H2,(H,33,34);3H,1-2H3,(H2,4,5,6). The number of amides is 5. The van der Waals surface area contributed by atoms with Crippen molar-refractivity contribution in [3.63, 3.8) is 0 Å². The SMILES string of the molecule is CC(C)S(=O)(=O)NC(=O)c1ccc2c(C3CCCCC3)c3n(c2c1)CC(C(=O)N1CCOCC1)=Cc1ccccc1-3.CC(C)S(=O)(=O)NC(=O)c1ccc2c(C3CCCCC3)c3n(c2c1)CC(C(=O)N1CCOCC1)=Cc1ccccc1-3.CC(C)S(N)(=O)=O.O=C(O)c1ccc2c(C3CCCCC3)c3n(c2c1)CC(C(=O)N1CCOCC1)=Cc1ccccc1-3. The van der Waals surface area contributed by atoms with Crippen LogP contribution in [0.1, 0.15) is 220 Å². The summed E-state index contributed by atoms with van der Waals surface area (Å²) in [6, 6.07) is 41.2. The highest BCUT2D eigenvalue weighted by atomic mass is 32.2. The predicted octanol–water partition coefficient (Wildman–Crippen LogP) is 15.2. The fraction of sp³-hybridized carbons (Fsp3) is 0.438. The predicted molar refractivity (Wildman–Crippen MR) is 484 cm³/mol. The number of carboxylic acids is 1. The lowest BCUT2D eigenvalue weighted by molar-refractivity contribution is -0.131. The molecular weight excluding hydrogens is 1630 g/mol. The van der Waals surface area contributed by atoms with Crippen LogP contribution in [0.5, 0.6) is 0 Å². The number of rotatable bonds is 14. The molecule has 6 aliphatic heterocycles. The maximum Gasteiger partial charge on any atom is 0.335 e. The normalized spacial score (nSPS) is 17.9. The Hall–Kier alpha value is -10.3. The molecule has 9 heterocycles. The molecule has 5 amide bonds. The minimum atomic E-state index is -3.78. The van der Waals surface area contributed by atoms with E-state index in [2.05, 4.69) is 70.7 Å². The monoisotopic (exact) mass is 1740 g/mol. The maximum absolute atomic E-state index is 13.8. The van der Waals surface area contributed by atoms with E-state index in [9.17, 15) is 59.1 Å². The zero-order valence-corrected chi connectivity index (χ0v) is 74.0. The van der Waals surface area contributed by atoms with Crippen molar-refractivity contribution in [1.29, 1.82) is 0 Å². The van der Waals surface area contributed by atoms with Crippen LogP contribution in [-0.4, -0.2) is 189 Å². The second-order valence-electron chi connectivity index (χ2n) is 34.7. The summed E-state index contributed by atoms with van der Waals surface area (Å²) < 4.78 is 97.6. The van der Waals surface area contributed by atoms with Crippen LogP contribution in [0.2, 0.25) is 0 Å². The van der Waals surface area contributed by atoms with Crippen molar-refractivity contribution in [2.24, 2.45) is 5.14 Å². The van der Waals surface area contributed by atoms with Crippen molar-refractivity contribution >= 4 is 117 Å². The topological polar surface area (TPSA) is 327 Å². The van der Waals surface area contributed by atoms with E-state index in [0.29, 0.717) is 127 Å². The number of morpholine rings is 3. The smallest absolute Gasteiger partial charge is 0.335 e. The Labute approximate surface area is 726 Å². The zero-order valence-electron chi connectivity index (χ0n) is 71.6. The number of benzene rings is 6. The molecular formula is C96H113N9O16S3. The molecule has 124 heavy (non-hydrogen) atoms. The lowest BCUT2D eigenvalue weighted by Crippen LogP contribution is -2.41. The van der Waals surface area contributed by atoms with Crippen LogP contribution in [0.3, 0.4) is 0 Å². The third-order valence-corrected chi connectivity index (χ3v) is 30.6. The van der Waals surface area contributed by atoms with Gasteiger partial charge in [-0.3, -0.25) is 24.0 Å². The van der Waals surface area contributed by atoms with Crippen LogP contribution < -0.4 is 14.6 Å². The van der Waals surface area contributed by atoms with Gasteiger partial charge in [0, 0.05) is 117 Å². The van der Waals surface area contributed by atoms with Crippen molar-refractivity contribution in [1.82, 2.24) is 37.8 Å². The summed E-state index contributed by atoms with van der Waals surface area (Å²) in [6.45, 7) is 17.0. The van der Waals surface area contributed by atoms with Crippen molar-refractivity contribution in [2.45, 2.75) is 191 Å². The molecule has 0 atom stereocenters. The van der Waals surface area contributed by atoms with Crippen molar-refractivity contribution in [3.8, 4) is 33.8 Å². The van der Waals surface area contributed by atoms with Gasteiger partial charge in [0.1, 0.15) is 0 Å². The molecule has 3 aromatic heterocycles. The van der Waals surface area contributed by atoms with E-state index in [0.717, 1.165) is 127 Å². The molecule has 656 valence electrons. The minimum Gasteiger partial charge on any atom is -0.478 e. The number of ether oxygens (including phenoxy) is 3. The molecule has 9 aromatic rings. The third-order valence-electron chi connectivity index (χ3n) is 25.8. The number of nitrogens with two attached hydrogens (primary N) is 1. The number of carbonyl (C=O) groups excluding carboxylic acids is 5. The molecule has 0 unspecified atom stereocenters. The number of carbonyl (C=O) groups is 6. The number of primary sulfonamides is 1. The van der Waals surface area contributed by atoms with E-state index in [1.165, 1.54) is 88.3 Å². The Balaban J connectivity index is 0.000000139. The van der Waals surface area contributed by atoms with Gasteiger partial charge in [-0.05, 0) is 186 Å². The lowest BCUT2D eigenvalue weighted by Gasteiger charge is -2.28. The fourth-order valence-electron chi connectivity index (χ4n) is 19.0. The number of hydrogen-bond donors (Lipinski definition) is 4. The second kappa shape index (κ2) is 37.8. The first-order chi connectivity index (χ1) is 59.5. The van der Waals surface area contributed by atoms with Gasteiger partial charge in [-0.15, -0.1) is 0 Å². The number of hydrogen-bond acceptors (Lipinski definition) is 15. The van der Waals surface area contributed by atoms with Crippen LogP contribution in [0, 0.1) is 0 Å². The third kappa shape index (κ3) is 18.8. The molecule has 0 radical (unpaired) electrons. The molecule has 18 rings (SSSR count). The first-order valence-electron chi connectivity index (χ1n) is 43.9. The van der Waals surface area contributed by atoms with E-state index in [-0.39, 0.29) is 34.4 Å². The van der Waals surface area contributed by atoms with Crippen LogP contribution in [0.4, 0.5) is 0 Å². The van der Waals surface area contributed by atoms with Crippen LogP contribution in [0.15, 0.2) is 144 Å². The number of sulfonamides is 3. The maximum atomic E-state index is 13.8. The molecule has 0 spiro atoms. The number of fused-ring (bicyclic) bond motifs is 15. The Morgan fingerprint density at radius 1 is 0.379 bits per heavy atom. The number of nitrogens with zero attached hydrogens (tertiary/aromatic N) is 6. The highest BCUT2D eigenvalue weighted by Crippen LogP contribution is 2.51. The van der Waals surface area contributed by atoms with Gasteiger partial charge in [-0.25, -0.2) is 44.6 Å². The number of carboxylic acid groups (broad SMARTS) is 1. The summed E-state index contributed by atoms with van der Waals surface area (Å²) in [6.07, 6.45) is 23.6. The molecule has 3 aliphatic carbocycles. The Morgan fingerprint density at radius 3 is 0.911 bits per heavy atom. The van der Waals surface area contributed by atoms with Gasteiger partial charge >= 0.3 is 5.97 Å². The average molecular weight is 1750 g/mol. The molecule has 6 fully saturated rings. The first-order valence-corrected chi connectivity index (χ1v) is 48.6. The summed E-state index contributed by atoms with van der Waals surface area (Å²) in [4.78, 5) is 85.0. The summed E-state index contributed by atoms with van der Waals surface area (Å²) in [7, 11) is -10.8. The zero-order chi connectivity index (χ0) is 87.5. The molecule has 3 saturated heterocycles. The Morgan fingerprint density at radius 2 is 0.645 bits per heavy atom. The van der Waals surface area contributed by atoms with Gasteiger partial charge in [0.15, 0.2) is 0 Å². The van der Waals surface area contributed by atoms with Crippen LogP contribution in [0.25, 0.3) is 84.7 Å². The molecule has 5 N–H and O–H groups in total. The molecule has 0 bridgehead atoms. The van der Waals surface area contributed by atoms with Gasteiger partial charge < -0.3 is 47.7 Å². The summed E-state index contributed by atoms with van der Waals surface area (Å²) in [5, 5.41) is 15.7. The van der Waals surface area contributed by atoms with E-state index in [1.807, 2.05) is 81.5 Å². The van der Waals surface area contributed by atoms with Gasteiger partial charge in [0.2, 0.25) is 30.1 Å². The van der Waals surface area contributed by atoms with Gasteiger partial charge in [-0.2, -0.15) is 0 Å². The molecule has 9 aliphatic rings. The molecule has 6 aromatic carbocycles. The number of nitrogens with one attached hydrogen (secondary N) is 2. The van der Waals surface area contributed by atoms with E-state index >= 15 is 0 Å². The Bertz CT molecular complexity index is 5830. The van der Waals surface area contributed by atoms with Crippen LogP contribution >= 0.6 is 0 Å². The highest BCUT2D eigenvalue weighted by molar-refractivity contribution is 7.91. The number of aromatic carboxylic acids is 1. The quantitative estimate of drug-likeness (QED) is 0.0786. The van der Waals surface area contributed by atoms with Gasteiger partial charge in [0.05, 0.1) is 97.7 Å². The molecule has 3 saturated carbocycles. The average Bonchev–Trinajstić information content (AvgIpc) is 1.59. The highest BCUT2D eigenvalue weighted by Gasteiger charge is 2.38. The van der Waals surface area contributed by atoms with E-state index in [1.54, 1.807) is 64.1 Å². The summed E-state index contributed by atoms with van der Waals surface area (Å²) >= 11 is 0. The molecule has 28 heteroatoms. The van der Waals surface area contributed by atoms with Crippen molar-refractivity contribution in [2.75, 3.05) is 78.9 Å². The van der Waals surface area contributed by atoms with Crippen molar-refractivity contribution in [3.05, 3.63) is 194 Å². The van der Waals surface area contributed by atoms with E-state index in [4.69, 9.17) is 14.2 Å². The van der Waals surface area contributed by atoms with Crippen LogP contribution in [-0.2, 0) is 78.3 Å². The lowest BCUT2D eigenvalue weighted by atomic mass is 9.81. The fourth-order valence-corrected chi connectivity index (χ4v) is 20.2. The minimum absolute atomic E-state index is 0.00561. The molecule has 25 nitrogen and oxygen atoms in total. The second-order valence-corrected chi connectivity index (χ2v) is 41.3. The Kier molecular flexibility index (Phi) is 27.0. The first kappa shape index (κ1) is 88.5. The number of aromatic nitrogens is 3. The summed E-state index contributed by atoms with van der Waals surface area (Å²) in [5.74, 6) is -1.04. The van der Waals surface area contributed by atoms with Gasteiger partial charge in [-0.1, -0.05) is 149 Å². The van der Waals surface area contributed by atoms with Gasteiger partial charge in [0.25, 0.3) is 29.5 Å². The largest absolute Gasteiger partial charge is 0.478 e. The van der Waals surface area contributed by atoms with Crippen molar-refractivity contribution < 1.29 is 73.3 Å².